The van der Waals surface area contributed by atoms with E-state index in [0.717, 1.165) is 17.0 Å². The van der Waals surface area contributed by atoms with E-state index in [9.17, 15) is 18.0 Å². The lowest BCUT2D eigenvalue weighted by Gasteiger charge is -2.30. The summed E-state index contributed by atoms with van der Waals surface area (Å²) in [6.07, 6.45) is 0.465. The van der Waals surface area contributed by atoms with Crippen LogP contribution in [-0.2, 0) is 32.3 Å². The van der Waals surface area contributed by atoms with Gasteiger partial charge in [0.2, 0.25) is 5.91 Å². The second kappa shape index (κ2) is 10.3. The number of halogens is 1. The van der Waals surface area contributed by atoms with Crippen LogP contribution in [0.5, 0.6) is 0 Å². The van der Waals surface area contributed by atoms with E-state index < -0.39 is 21.7 Å². The van der Waals surface area contributed by atoms with Gasteiger partial charge in [-0.05, 0) is 57.0 Å². The first-order valence-corrected chi connectivity index (χ1v) is 13.3. The highest BCUT2D eigenvalue weighted by atomic mass is 35.5. The molecular formula is C22H27ClN2O5S2. The van der Waals surface area contributed by atoms with Crippen LogP contribution in [0, 0.1) is 0 Å². The number of thiophene rings is 1. The van der Waals surface area contributed by atoms with Gasteiger partial charge in [-0.15, -0.1) is 11.3 Å². The van der Waals surface area contributed by atoms with Crippen molar-refractivity contribution >= 4 is 49.7 Å². The van der Waals surface area contributed by atoms with Crippen molar-refractivity contribution in [2.45, 2.75) is 51.1 Å². The minimum Gasteiger partial charge on any atom is -0.462 e. The number of nitrogens with zero attached hydrogens (tertiary/aromatic N) is 1. The Morgan fingerprint density at radius 3 is 2.56 bits per heavy atom. The van der Waals surface area contributed by atoms with Crippen molar-refractivity contribution < 1.29 is 22.7 Å². The van der Waals surface area contributed by atoms with E-state index in [1.165, 1.54) is 35.6 Å². The number of benzene rings is 1. The van der Waals surface area contributed by atoms with E-state index in [2.05, 4.69) is 24.1 Å². The van der Waals surface area contributed by atoms with Crippen molar-refractivity contribution in [3.8, 4) is 0 Å². The summed E-state index contributed by atoms with van der Waals surface area (Å²) >= 11 is 7.17. The van der Waals surface area contributed by atoms with Crippen LogP contribution in [0.25, 0.3) is 0 Å². The number of anilines is 1. The molecule has 7 nitrogen and oxygen atoms in total. The molecule has 1 aliphatic heterocycles. The van der Waals surface area contributed by atoms with E-state index in [1.807, 2.05) is 0 Å². The number of fused-ring (bicyclic) bond motifs is 1. The lowest BCUT2D eigenvalue weighted by atomic mass is 10.0. The summed E-state index contributed by atoms with van der Waals surface area (Å²) in [6.45, 7) is 7.72. The summed E-state index contributed by atoms with van der Waals surface area (Å²) in [5.74, 6) is -1.28. The first kappa shape index (κ1) is 24.7. The third-order valence-electron chi connectivity index (χ3n) is 5.32. The number of hydrogen-bond donors (Lipinski definition) is 1. The molecule has 0 spiro atoms. The van der Waals surface area contributed by atoms with Crippen LogP contribution >= 0.6 is 22.9 Å². The smallest absolute Gasteiger partial charge is 0.341 e. The molecule has 0 fully saturated rings. The average Bonchev–Trinajstić information content (AvgIpc) is 3.09. The van der Waals surface area contributed by atoms with Gasteiger partial charge >= 0.3 is 5.97 Å². The van der Waals surface area contributed by atoms with E-state index in [1.54, 1.807) is 6.92 Å². The topological polar surface area (TPSA) is 92.8 Å². The minimum absolute atomic E-state index is 0.113. The van der Waals surface area contributed by atoms with Gasteiger partial charge in [-0.2, -0.15) is 0 Å². The zero-order valence-corrected chi connectivity index (χ0v) is 20.7. The van der Waals surface area contributed by atoms with E-state index in [0.29, 0.717) is 34.6 Å². The summed E-state index contributed by atoms with van der Waals surface area (Å²) in [4.78, 5) is 28.7. The van der Waals surface area contributed by atoms with Crippen molar-refractivity contribution in [3.63, 3.8) is 0 Å². The highest BCUT2D eigenvalue weighted by Crippen LogP contribution is 2.38. The van der Waals surface area contributed by atoms with Crippen molar-refractivity contribution in [1.82, 2.24) is 4.90 Å². The first-order chi connectivity index (χ1) is 15.1. The molecule has 32 heavy (non-hydrogen) atoms. The Morgan fingerprint density at radius 2 is 1.94 bits per heavy atom. The average molecular weight is 499 g/mol. The molecule has 0 saturated heterocycles. The molecule has 0 unspecified atom stereocenters. The Labute approximate surface area is 197 Å². The normalized spacial score (nSPS) is 14.3. The molecule has 1 N–H and O–H groups in total. The van der Waals surface area contributed by atoms with Gasteiger partial charge in [0.15, 0.2) is 9.84 Å². The largest absolute Gasteiger partial charge is 0.462 e. The molecule has 2 heterocycles. The highest BCUT2D eigenvalue weighted by Gasteiger charge is 2.30. The monoisotopic (exact) mass is 498 g/mol. The second-order valence-corrected chi connectivity index (χ2v) is 11.5. The number of sulfone groups is 1. The molecule has 3 rings (SSSR count). The molecule has 0 radical (unpaired) electrons. The van der Waals surface area contributed by atoms with Gasteiger partial charge in [0.05, 0.1) is 22.8 Å². The number of carbonyl (C=O) groups is 2. The maximum absolute atomic E-state index is 12.6. The minimum atomic E-state index is -3.63. The number of ether oxygens (including phenoxy) is 1. The SMILES string of the molecule is CCOC(=O)c1c(NC(=O)CCS(=O)(=O)c2ccc(Cl)cc2)sc2c1CCN(C(C)C)C2. The number of amides is 1. The number of esters is 1. The zero-order chi connectivity index (χ0) is 23.5. The highest BCUT2D eigenvalue weighted by molar-refractivity contribution is 7.91. The fourth-order valence-corrected chi connectivity index (χ4v) is 6.19. The van der Waals surface area contributed by atoms with Gasteiger partial charge in [0.1, 0.15) is 5.00 Å². The van der Waals surface area contributed by atoms with Crippen molar-refractivity contribution in [1.29, 1.82) is 0 Å². The molecule has 174 valence electrons. The van der Waals surface area contributed by atoms with Crippen LogP contribution in [0.1, 0.15) is 48.0 Å². The quantitative estimate of drug-likeness (QED) is 0.550. The van der Waals surface area contributed by atoms with E-state index in [4.69, 9.17) is 16.3 Å². The predicted molar refractivity (Wildman–Crippen MR) is 126 cm³/mol. The number of carbonyl (C=O) groups excluding carboxylic acids is 2. The van der Waals surface area contributed by atoms with Crippen LogP contribution < -0.4 is 5.32 Å². The lowest BCUT2D eigenvalue weighted by Crippen LogP contribution is -2.35. The maximum atomic E-state index is 12.6. The van der Waals surface area contributed by atoms with Crippen LogP contribution in [0.3, 0.4) is 0 Å². The number of nitrogens with one attached hydrogen (secondary N) is 1. The molecule has 0 aliphatic carbocycles. The van der Waals surface area contributed by atoms with Gasteiger partial charge in [-0.25, -0.2) is 13.2 Å². The Morgan fingerprint density at radius 1 is 1.25 bits per heavy atom. The van der Waals surface area contributed by atoms with E-state index in [-0.39, 0.29) is 23.7 Å². The second-order valence-electron chi connectivity index (χ2n) is 7.81. The van der Waals surface area contributed by atoms with Crippen LogP contribution in [-0.4, -0.2) is 50.1 Å². The molecule has 0 saturated carbocycles. The molecule has 2 aromatic rings. The molecule has 10 heteroatoms. The first-order valence-electron chi connectivity index (χ1n) is 10.5. The molecular weight excluding hydrogens is 472 g/mol. The molecule has 1 aromatic carbocycles. The summed E-state index contributed by atoms with van der Waals surface area (Å²) in [7, 11) is -3.63. The Hall–Kier alpha value is -1.94. The third-order valence-corrected chi connectivity index (χ3v) is 8.44. The summed E-state index contributed by atoms with van der Waals surface area (Å²) in [6, 6.07) is 6.20. The predicted octanol–water partition coefficient (Wildman–Crippen LogP) is 4.15. The number of rotatable bonds is 8. The molecule has 1 amide bonds. The molecule has 0 bridgehead atoms. The summed E-state index contributed by atoms with van der Waals surface area (Å²) in [5.41, 5.74) is 1.30. The van der Waals surface area contributed by atoms with Crippen LogP contribution in [0.2, 0.25) is 5.02 Å². The summed E-state index contributed by atoms with van der Waals surface area (Å²) in [5, 5.41) is 3.62. The van der Waals surface area contributed by atoms with Crippen molar-refractivity contribution in [3.05, 3.63) is 45.3 Å². The fourth-order valence-electron chi connectivity index (χ4n) is 3.55. The van der Waals surface area contributed by atoms with Gasteiger partial charge in [0.25, 0.3) is 0 Å². The van der Waals surface area contributed by atoms with E-state index >= 15 is 0 Å². The van der Waals surface area contributed by atoms with Gasteiger partial charge in [-0.3, -0.25) is 9.69 Å². The lowest BCUT2D eigenvalue weighted by molar-refractivity contribution is -0.115. The van der Waals surface area contributed by atoms with Crippen LogP contribution in [0.4, 0.5) is 5.00 Å². The standard InChI is InChI=1S/C22H27ClN2O5S2/c1-4-30-22(27)20-17-9-11-25(14(2)3)13-18(17)31-21(20)24-19(26)10-12-32(28,29)16-7-5-15(23)6-8-16/h5-8,14H,4,9-13H2,1-3H3,(H,24,26). The Bertz CT molecular complexity index is 1090. The molecule has 1 aromatic heterocycles. The number of hydrogen-bond acceptors (Lipinski definition) is 7. The van der Waals surface area contributed by atoms with Crippen LogP contribution in [0.15, 0.2) is 29.2 Å². The Kier molecular flexibility index (Phi) is 7.97. The molecule has 0 atom stereocenters. The zero-order valence-electron chi connectivity index (χ0n) is 18.3. The molecule has 1 aliphatic rings. The van der Waals surface area contributed by atoms with Crippen molar-refractivity contribution in [2.75, 3.05) is 24.2 Å². The van der Waals surface area contributed by atoms with Gasteiger partial charge in [-0.1, -0.05) is 11.6 Å². The maximum Gasteiger partial charge on any atom is 0.341 e. The summed E-state index contributed by atoms with van der Waals surface area (Å²) < 4.78 is 30.3. The third kappa shape index (κ3) is 5.70. The van der Waals surface area contributed by atoms with Crippen molar-refractivity contribution in [2.24, 2.45) is 0 Å². The van der Waals surface area contributed by atoms with Gasteiger partial charge < -0.3 is 10.1 Å². The van der Waals surface area contributed by atoms with Gasteiger partial charge in [0, 0.05) is 35.5 Å². The fraction of sp³-hybridized carbons (Fsp3) is 0.455. The Balaban J connectivity index is 1.76.